The van der Waals surface area contributed by atoms with E-state index in [1.165, 1.54) is 32.3 Å². The highest BCUT2D eigenvalue weighted by molar-refractivity contribution is 8.04. The molecule has 2 atom stereocenters. The van der Waals surface area contributed by atoms with Gasteiger partial charge < -0.3 is 28.9 Å². The van der Waals surface area contributed by atoms with Gasteiger partial charge in [-0.1, -0.05) is 95.4 Å². The van der Waals surface area contributed by atoms with E-state index in [1.54, 1.807) is 22.7 Å². The molecule has 6 rings (SSSR count). The number of fused-ring (bicyclic) bond motifs is 1. The second kappa shape index (κ2) is 14.0. The van der Waals surface area contributed by atoms with E-state index >= 15 is 0 Å². The number of hydrogen-bond donors (Lipinski definition) is 0. The van der Waals surface area contributed by atoms with Crippen LogP contribution in [0.25, 0.3) is 33.9 Å². The third-order valence-electron chi connectivity index (χ3n) is 7.79. The lowest BCUT2D eigenvalue weighted by atomic mass is 10.0. The first kappa shape index (κ1) is 31.8. The molecule has 0 saturated carbocycles. The van der Waals surface area contributed by atoms with Gasteiger partial charge in [-0.25, -0.2) is 0 Å². The van der Waals surface area contributed by atoms with Gasteiger partial charge in [-0.05, 0) is 57.5 Å². The number of aromatic nitrogens is 2. The van der Waals surface area contributed by atoms with Gasteiger partial charge in [0.05, 0.1) is 26.9 Å². The van der Waals surface area contributed by atoms with Crippen LogP contribution in [0, 0.1) is 0 Å². The lowest BCUT2D eigenvalue weighted by Gasteiger charge is -2.26. The van der Waals surface area contributed by atoms with Crippen LogP contribution in [0.4, 0.5) is 0 Å². The van der Waals surface area contributed by atoms with Gasteiger partial charge in [-0.3, -0.25) is 9.36 Å². The minimum atomic E-state index is 0. The van der Waals surface area contributed by atoms with Crippen molar-refractivity contribution >= 4 is 46.6 Å². The third-order valence-corrected chi connectivity index (χ3v) is 11.4. The zero-order valence-electron chi connectivity index (χ0n) is 24.9. The number of rotatable bonds is 7. The first-order chi connectivity index (χ1) is 20.5. The lowest BCUT2D eigenvalue weighted by molar-refractivity contribution is -0.679. The Morgan fingerprint density at radius 3 is 2.26 bits per heavy atom. The number of benzene rings is 2. The summed E-state index contributed by atoms with van der Waals surface area (Å²) in [7, 11) is 0. The molecule has 4 aromatic rings. The molecule has 0 radical (unpaired) electrons. The van der Waals surface area contributed by atoms with Gasteiger partial charge in [0.25, 0.3) is 10.6 Å². The highest BCUT2D eigenvalue weighted by Gasteiger charge is 2.35. The Bertz CT molecular complexity index is 1870. The molecule has 3 heterocycles. The zero-order valence-corrected chi connectivity index (χ0v) is 29.5. The van der Waals surface area contributed by atoms with E-state index in [4.69, 9.17) is 0 Å². The fourth-order valence-electron chi connectivity index (χ4n) is 5.75. The smallest absolute Gasteiger partial charge is 0.269 e. The molecular formula is C35H36IN3OS3. The monoisotopic (exact) mass is 737 g/mol. The quantitative estimate of drug-likeness (QED) is 0.215. The molecular weight excluding hydrogens is 702 g/mol. The molecule has 0 amide bonds. The van der Waals surface area contributed by atoms with E-state index in [1.807, 2.05) is 22.4 Å². The second-order valence-electron chi connectivity index (χ2n) is 10.4. The minimum Gasteiger partial charge on any atom is -1.00 e. The Morgan fingerprint density at radius 2 is 1.60 bits per heavy atom. The van der Waals surface area contributed by atoms with E-state index in [2.05, 4.69) is 128 Å². The van der Waals surface area contributed by atoms with Crippen LogP contribution in [0.2, 0.25) is 0 Å². The number of allylic oxidation sites excluding steroid dienone is 3. The second-order valence-corrected chi connectivity index (χ2v) is 13.7. The maximum Gasteiger partial charge on any atom is 0.269 e. The number of halogens is 1. The van der Waals surface area contributed by atoms with Crippen LogP contribution in [0.1, 0.15) is 32.7 Å². The summed E-state index contributed by atoms with van der Waals surface area (Å²) in [6.07, 6.45) is 13.3. The SMILES string of the molecule is CCN1/C(=C\C=c2\s/c(=C/c3sc(-c4ccccc4)c(-c4ccccc4)[n+]3CC)n(CC)c2=O)SC2C=CC(C)=CC21.[I-]. The summed E-state index contributed by atoms with van der Waals surface area (Å²) >= 11 is 5.26. The van der Waals surface area contributed by atoms with Gasteiger partial charge in [0, 0.05) is 18.7 Å². The molecule has 1 fully saturated rings. The first-order valence-corrected chi connectivity index (χ1v) is 17.1. The number of hydrogen-bond acceptors (Lipinski definition) is 5. The lowest BCUT2D eigenvalue weighted by Crippen LogP contribution is -3.00. The highest BCUT2D eigenvalue weighted by atomic mass is 127. The van der Waals surface area contributed by atoms with Crippen LogP contribution in [-0.2, 0) is 13.1 Å². The molecule has 2 aromatic heterocycles. The van der Waals surface area contributed by atoms with E-state index < -0.39 is 0 Å². The Morgan fingerprint density at radius 1 is 0.907 bits per heavy atom. The van der Waals surface area contributed by atoms with Crippen LogP contribution < -0.4 is 43.3 Å². The number of likely N-dealkylation sites (N-methyl/N-ethyl adjacent to an activating group) is 1. The molecule has 1 aliphatic heterocycles. The fourth-order valence-corrected chi connectivity index (χ4v) is 9.50. The number of thiazole rings is 2. The molecule has 222 valence electrons. The van der Waals surface area contributed by atoms with Crippen molar-refractivity contribution in [2.75, 3.05) is 6.54 Å². The van der Waals surface area contributed by atoms with Crippen LogP contribution >= 0.6 is 34.4 Å². The van der Waals surface area contributed by atoms with Gasteiger partial charge in [-0.2, -0.15) is 4.57 Å². The van der Waals surface area contributed by atoms with Crippen LogP contribution in [0.15, 0.2) is 100 Å². The number of nitrogens with zero attached hydrogens (tertiary/aromatic N) is 3. The van der Waals surface area contributed by atoms with E-state index in [0.29, 0.717) is 17.8 Å². The molecule has 0 N–H and O–H groups in total. The normalized spacial score (nSPS) is 19.6. The van der Waals surface area contributed by atoms with E-state index in [9.17, 15) is 4.79 Å². The van der Waals surface area contributed by atoms with Gasteiger partial charge in [0.15, 0.2) is 0 Å². The fraction of sp³-hybridized carbons (Fsp3) is 0.257. The van der Waals surface area contributed by atoms with Gasteiger partial charge in [0.2, 0.25) is 5.69 Å². The molecule has 43 heavy (non-hydrogen) atoms. The standard InChI is InChI=1S/C35H36N3OS3.HI/c1-5-36-27-22-24(4)18-19-28(27)40-30(36)21-20-29-35(39)38(7-3)32(41-29)23-31-37(6-2)33(25-14-10-8-11-15-25)34(42-31)26-16-12-9-13-17-26;/h8-23,27-28H,5-7H2,1-4H3;1H/q+1;/p-1/b29-20+,30-21+;. The van der Waals surface area contributed by atoms with Gasteiger partial charge in [0.1, 0.15) is 16.1 Å². The van der Waals surface area contributed by atoms with Crippen molar-refractivity contribution in [3.05, 3.63) is 120 Å². The Labute approximate surface area is 283 Å². The predicted octanol–water partition coefficient (Wildman–Crippen LogP) is 3.41. The number of thioether (sulfide) groups is 1. The van der Waals surface area contributed by atoms with Crippen molar-refractivity contribution < 1.29 is 28.5 Å². The first-order valence-electron chi connectivity index (χ1n) is 14.6. The zero-order chi connectivity index (χ0) is 29.2. The summed E-state index contributed by atoms with van der Waals surface area (Å²) in [5.74, 6) is 0. The van der Waals surface area contributed by atoms with Crippen LogP contribution in [0.5, 0.6) is 0 Å². The van der Waals surface area contributed by atoms with Crippen molar-refractivity contribution in [1.82, 2.24) is 9.47 Å². The van der Waals surface area contributed by atoms with Crippen LogP contribution in [-0.4, -0.2) is 27.3 Å². The van der Waals surface area contributed by atoms with Crippen molar-refractivity contribution in [3.8, 4) is 21.7 Å². The maximum atomic E-state index is 13.6. The Hall–Kier alpha value is -2.66. The predicted molar refractivity (Wildman–Crippen MR) is 181 cm³/mol. The van der Waals surface area contributed by atoms with Gasteiger partial charge >= 0.3 is 0 Å². The maximum absolute atomic E-state index is 13.6. The van der Waals surface area contributed by atoms with Gasteiger partial charge in [-0.15, -0.1) is 11.3 Å². The molecule has 0 bridgehead atoms. The van der Waals surface area contributed by atoms with Crippen molar-refractivity contribution in [1.29, 1.82) is 0 Å². The Balaban J connectivity index is 0.00000368. The summed E-state index contributed by atoms with van der Waals surface area (Å²) < 4.78 is 6.05. The van der Waals surface area contributed by atoms with Crippen molar-refractivity contribution in [2.45, 2.75) is 52.1 Å². The minimum absolute atomic E-state index is 0. The van der Waals surface area contributed by atoms with Crippen molar-refractivity contribution in [2.24, 2.45) is 0 Å². The molecule has 1 aliphatic carbocycles. The third kappa shape index (κ3) is 6.30. The average Bonchev–Trinajstić information content (AvgIpc) is 3.66. The summed E-state index contributed by atoms with van der Waals surface area (Å²) in [6.45, 7) is 11.0. The molecule has 2 aromatic carbocycles. The largest absolute Gasteiger partial charge is 1.00 e. The summed E-state index contributed by atoms with van der Waals surface area (Å²) in [4.78, 5) is 17.3. The molecule has 2 unspecified atom stereocenters. The molecule has 0 spiro atoms. The van der Waals surface area contributed by atoms with Crippen LogP contribution in [0.3, 0.4) is 0 Å². The molecule has 8 heteroatoms. The topological polar surface area (TPSA) is 29.1 Å². The molecule has 1 saturated heterocycles. The van der Waals surface area contributed by atoms with E-state index in [-0.39, 0.29) is 29.5 Å². The summed E-state index contributed by atoms with van der Waals surface area (Å²) in [5.41, 5.74) is 5.02. The summed E-state index contributed by atoms with van der Waals surface area (Å²) in [5, 5.41) is 2.80. The van der Waals surface area contributed by atoms with Crippen molar-refractivity contribution in [3.63, 3.8) is 0 Å². The highest BCUT2D eigenvalue weighted by Crippen LogP contribution is 2.42. The van der Waals surface area contributed by atoms with E-state index in [0.717, 1.165) is 27.3 Å². The Kier molecular flexibility index (Phi) is 10.3. The summed E-state index contributed by atoms with van der Waals surface area (Å²) in [6, 6.07) is 21.6. The molecule has 2 aliphatic rings. The molecule has 4 nitrogen and oxygen atoms in total. The average molecular weight is 738 g/mol.